The van der Waals surface area contributed by atoms with Crippen LogP contribution in [0, 0.1) is 5.92 Å². The van der Waals surface area contributed by atoms with Gasteiger partial charge in [-0.05, 0) is 40.7 Å². The minimum absolute atomic E-state index is 0.406. The fourth-order valence-electron chi connectivity index (χ4n) is 2.12. The Hall–Kier alpha value is -0.0400. The molecule has 0 bridgehead atoms. The molecule has 0 spiro atoms. The van der Waals surface area contributed by atoms with Gasteiger partial charge in [-0.3, -0.25) is 4.90 Å². The molecular weight excluding hydrogens is 122 g/mol. The van der Waals surface area contributed by atoms with Crippen LogP contribution in [-0.2, 0) is 0 Å². The molecule has 10 heavy (non-hydrogen) atoms. The van der Waals surface area contributed by atoms with Gasteiger partial charge in [-0.1, -0.05) is 6.92 Å². The number of rotatable bonds is 0. The summed E-state index contributed by atoms with van der Waals surface area (Å²) in [7, 11) is 2.21. The highest BCUT2D eigenvalue weighted by Gasteiger charge is 2.54. The molecule has 1 heteroatoms. The van der Waals surface area contributed by atoms with Crippen LogP contribution >= 0.6 is 0 Å². The van der Waals surface area contributed by atoms with Crippen molar-refractivity contribution in [2.24, 2.45) is 5.92 Å². The van der Waals surface area contributed by atoms with Crippen molar-refractivity contribution in [3.8, 4) is 0 Å². The third-order valence-corrected chi connectivity index (χ3v) is 3.85. The van der Waals surface area contributed by atoms with Crippen LogP contribution in [0.25, 0.3) is 0 Å². The van der Waals surface area contributed by atoms with Gasteiger partial charge in [-0.15, -0.1) is 0 Å². The Bertz CT molecular complexity index is 117. The number of likely N-dealkylation sites (tertiary alicyclic amines) is 1. The molecule has 1 aliphatic rings. The monoisotopic (exact) mass is 141 g/mol. The van der Waals surface area contributed by atoms with E-state index in [2.05, 4.69) is 46.6 Å². The first-order valence-corrected chi connectivity index (χ1v) is 4.05. The molecule has 0 radical (unpaired) electrons. The van der Waals surface area contributed by atoms with Crippen molar-refractivity contribution in [1.29, 1.82) is 0 Å². The first kappa shape index (κ1) is 8.06. The lowest BCUT2D eigenvalue weighted by Crippen LogP contribution is -2.73. The van der Waals surface area contributed by atoms with Gasteiger partial charge in [-0.25, -0.2) is 0 Å². The zero-order valence-corrected chi connectivity index (χ0v) is 8.02. The van der Waals surface area contributed by atoms with Crippen molar-refractivity contribution in [2.45, 2.75) is 45.7 Å². The maximum atomic E-state index is 2.45. The molecule has 0 aliphatic carbocycles. The van der Waals surface area contributed by atoms with Gasteiger partial charge in [0.15, 0.2) is 0 Å². The van der Waals surface area contributed by atoms with Crippen molar-refractivity contribution in [3.63, 3.8) is 0 Å². The van der Waals surface area contributed by atoms with E-state index in [1.807, 2.05) is 0 Å². The molecule has 1 fully saturated rings. The largest absolute Gasteiger partial charge is 0.295 e. The predicted octanol–water partition coefficient (Wildman–Crippen LogP) is 2.13. The third kappa shape index (κ3) is 0.672. The summed E-state index contributed by atoms with van der Waals surface area (Å²) >= 11 is 0. The van der Waals surface area contributed by atoms with Crippen LogP contribution in [0.3, 0.4) is 0 Å². The fourth-order valence-corrected chi connectivity index (χ4v) is 2.12. The van der Waals surface area contributed by atoms with Crippen molar-refractivity contribution < 1.29 is 0 Å². The minimum Gasteiger partial charge on any atom is -0.295 e. The van der Waals surface area contributed by atoms with Gasteiger partial charge in [0.25, 0.3) is 0 Å². The summed E-state index contributed by atoms with van der Waals surface area (Å²) in [5, 5.41) is 0. The second-order valence-corrected chi connectivity index (χ2v) is 4.59. The maximum absolute atomic E-state index is 2.45. The second kappa shape index (κ2) is 1.76. The lowest BCUT2D eigenvalue weighted by molar-refractivity contribution is -0.147. The molecular formula is C9H19N. The summed E-state index contributed by atoms with van der Waals surface area (Å²) in [6.07, 6.45) is 0. The van der Waals surface area contributed by atoms with Gasteiger partial charge in [0.05, 0.1) is 0 Å². The Morgan fingerprint density at radius 1 is 1.00 bits per heavy atom. The van der Waals surface area contributed by atoms with E-state index < -0.39 is 0 Å². The van der Waals surface area contributed by atoms with E-state index in [1.165, 1.54) is 0 Å². The molecule has 0 saturated carbocycles. The van der Waals surface area contributed by atoms with Gasteiger partial charge < -0.3 is 0 Å². The average Bonchev–Trinajstić information content (AvgIpc) is 1.84. The minimum atomic E-state index is 0.406. The molecule has 0 amide bonds. The third-order valence-electron chi connectivity index (χ3n) is 3.85. The Morgan fingerprint density at radius 3 is 1.40 bits per heavy atom. The van der Waals surface area contributed by atoms with Crippen LogP contribution in [0.2, 0.25) is 0 Å². The summed E-state index contributed by atoms with van der Waals surface area (Å²) in [5.41, 5.74) is 0.812. The summed E-state index contributed by atoms with van der Waals surface area (Å²) in [4.78, 5) is 2.45. The molecule has 1 saturated heterocycles. The molecule has 1 rings (SSSR count). The van der Waals surface area contributed by atoms with Gasteiger partial charge >= 0.3 is 0 Å². The van der Waals surface area contributed by atoms with Gasteiger partial charge in [0.2, 0.25) is 0 Å². The Labute approximate surface area is 64.4 Å². The normalized spacial score (nSPS) is 31.8. The zero-order valence-electron chi connectivity index (χ0n) is 8.02. The topological polar surface area (TPSA) is 3.24 Å². The molecule has 0 unspecified atom stereocenters. The predicted molar refractivity (Wildman–Crippen MR) is 45.1 cm³/mol. The molecule has 0 atom stereocenters. The van der Waals surface area contributed by atoms with Crippen LogP contribution in [0.15, 0.2) is 0 Å². The zero-order chi connectivity index (χ0) is 8.15. The summed E-state index contributed by atoms with van der Waals surface area (Å²) in [5.74, 6) is 0.796. The van der Waals surface area contributed by atoms with E-state index in [0.717, 1.165) is 5.92 Å². The van der Waals surface area contributed by atoms with Crippen LogP contribution in [0.4, 0.5) is 0 Å². The maximum Gasteiger partial charge on any atom is 0.0198 e. The second-order valence-electron chi connectivity index (χ2n) is 4.59. The molecule has 1 nitrogen and oxygen atoms in total. The van der Waals surface area contributed by atoms with Gasteiger partial charge in [0.1, 0.15) is 0 Å². The first-order chi connectivity index (χ1) is 4.31. The summed E-state index contributed by atoms with van der Waals surface area (Å²) in [6.45, 7) is 11.6. The quantitative estimate of drug-likeness (QED) is 0.499. The number of nitrogens with zero attached hydrogens (tertiary/aromatic N) is 1. The summed E-state index contributed by atoms with van der Waals surface area (Å²) in [6, 6.07) is 0. The summed E-state index contributed by atoms with van der Waals surface area (Å²) < 4.78 is 0. The lowest BCUT2D eigenvalue weighted by Gasteiger charge is -2.65. The number of hydrogen-bond acceptors (Lipinski definition) is 1. The van der Waals surface area contributed by atoms with E-state index in [0.29, 0.717) is 11.1 Å². The van der Waals surface area contributed by atoms with E-state index in [4.69, 9.17) is 0 Å². The molecule has 60 valence electrons. The van der Waals surface area contributed by atoms with Crippen molar-refractivity contribution in [3.05, 3.63) is 0 Å². The van der Waals surface area contributed by atoms with E-state index in [1.54, 1.807) is 0 Å². The van der Waals surface area contributed by atoms with Gasteiger partial charge in [-0.2, -0.15) is 0 Å². The smallest absolute Gasteiger partial charge is 0.0198 e. The van der Waals surface area contributed by atoms with Crippen LogP contribution < -0.4 is 0 Å². The SMILES string of the molecule is CC1C(C)(C)N(C)C1(C)C. The van der Waals surface area contributed by atoms with Crippen molar-refractivity contribution in [1.82, 2.24) is 4.90 Å². The molecule has 0 aromatic heterocycles. The molecule has 0 aromatic carbocycles. The Balaban J connectivity index is 2.78. The van der Waals surface area contributed by atoms with E-state index in [-0.39, 0.29) is 0 Å². The number of hydrogen-bond donors (Lipinski definition) is 0. The van der Waals surface area contributed by atoms with E-state index >= 15 is 0 Å². The van der Waals surface area contributed by atoms with Crippen LogP contribution in [0.1, 0.15) is 34.6 Å². The Kier molecular flexibility index (Phi) is 1.42. The fraction of sp³-hybridized carbons (Fsp3) is 1.00. The molecule has 0 aromatic rings. The molecule has 0 N–H and O–H groups in total. The lowest BCUT2D eigenvalue weighted by atomic mass is 9.64. The molecule has 1 heterocycles. The highest BCUT2D eigenvalue weighted by atomic mass is 15.3. The first-order valence-electron chi connectivity index (χ1n) is 4.05. The Morgan fingerprint density at radius 2 is 1.30 bits per heavy atom. The van der Waals surface area contributed by atoms with Crippen LogP contribution in [-0.4, -0.2) is 23.0 Å². The average molecular weight is 141 g/mol. The standard InChI is InChI=1S/C9H19N/c1-7-8(2,3)10(6)9(7,4)5/h7H,1-6H3. The molecule has 1 aliphatic heterocycles. The highest BCUT2D eigenvalue weighted by molar-refractivity contribution is 5.10. The highest BCUT2D eigenvalue weighted by Crippen LogP contribution is 2.47. The van der Waals surface area contributed by atoms with Crippen LogP contribution in [0.5, 0.6) is 0 Å². The van der Waals surface area contributed by atoms with E-state index in [9.17, 15) is 0 Å². The van der Waals surface area contributed by atoms with Crippen molar-refractivity contribution >= 4 is 0 Å². The van der Waals surface area contributed by atoms with Gasteiger partial charge in [0, 0.05) is 11.1 Å². The van der Waals surface area contributed by atoms with Crippen molar-refractivity contribution in [2.75, 3.05) is 7.05 Å².